The van der Waals surface area contributed by atoms with Gasteiger partial charge in [-0.1, -0.05) is 0 Å². The van der Waals surface area contributed by atoms with Gasteiger partial charge in [0.2, 0.25) is 0 Å². The molecule has 0 bridgehead atoms. The minimum absolute atomic E-state index is 0.0309. The first-order valence-electron chi connectivity index (χ1n) is 4.78. The predicted molar refractivity (Wildman–Crippen MR) is 63.6 cm³/mol. The van der Waals surface area contributed by atoms with Crippen LogP contribution in [-0.4, -0.2) is 23.2 Å². The second-order valence-electron chi connectivity index (χ2n) is 3.18. The summed E-state index contributed by atoms with van der Waals surface area (Å²) in [6.07, 6.45) is 0. The summed E-state index contributed by atoms with van der Waals surface area (Å²) >= 11 is 1.30. The first-order valence-corrected chi connectivity index (χ1v) is 5.66. The molecule has 7 heteroatoms. The molecule has 0 aliphatic rings. The number of nitrogens with zero attached hydrogens (tertiary/aromatic N) is 1. The summed E-state index contributed by atoms with van der Waals surface area (Å²) in [4.78, 5) is 26.6. The number of carbonyl (C=O) groups excluding carboxylic acids is 1. The molecule has 1 atom stereocenters. The van der Waals surface area contributed by atoms with E-state index in [2.05, 4.69) is 10.3 Å². The quantitative estimate of drug-likeness (QED) is 0.493. The SMILES string of the molecule is CONC(=O)C(C)Sc1ccc([N+](=O)[O-])cc1. The van der Waals surface area contributed by atoms with Gasteiger partial charge in [-0.2, -0.15) is 0 Å². The average molecular weight is 256 g/mol. The van der Waals surface area contributed by atoms with Crippen molar-refractivity contribution in [1.82, 2.24) is 5.48 Å². The molecule has 1 rings (SSSR count). The van der Waals surface area contributed by atoms with E-state index in [1.54, 1.807) is 19.1 Å². The van der Waals surface area contributed by atoms with Gasteiger partial charge in [0, 0.05) is 17.0 Å². The Morgan fingerprint density at radius 2 is 2.06 bits per heavy atom. The molecule has 0 fully saturated rings. The van der Waals surface area contributed by atoms with E-state index < -0.39 is 4.92 Å². The van der Waals surface area contributed by atoms with Crippen LogP contribution in [-0.2, 0) is 9.63 Å². The Labute approximate surface area is 102 Å². The highest BCUT2D eigenvalue weighted by Gasteiger charge is 2.14. The van der Waals surface area contributed by atoms with Crippen LogP contribution in [0.25, 0.3) is 0 Å². The number of hydroxylamine groups is 1. The molecule has 0 spiro atoms. The highest BCUT2D eigenvalue weighted by atomic mass is 32.2. The second kappa shape index (κ2) is 6.21. The standard InChI is InChI=1S/C10H12N2O4S/c1-7(10(13)11-16-2)17-9-5-3-8(4-6-9)12(14)15/h3-7H,1-2H3,(H,11,13). The Bertz CT molecular complexity index is 407. The molecular weight excluding hydrogens is 244 g/mol. The number of nitrogens with one attached hydrogen (secondary N) is 1. The Morgan fingerprint density at radius 3 is 2.53 bits per heavy atom. The van der Waals surface area contributed by atoms with Gasteiger partial charge in [-0.05, 0) is 19.1 Å². The lowest BCUT2D eigenvalue weighted by atomic mass is 10.3. The van der Waals surface area contributed by atoms with Crippen molar-refractivity contribution < 1.29 is 14.6 Å². The van der Waals surface area contributed by atoms with E-state index in [9.17, 15) is 14.9 Å². The minimum atomic E-state index is -0.463. The molecule has 1 amide bonds. The lowest BCUT2D eigenvalue weighted by Crippen LogP contribution is -2.29. The Balaban J connectivity index is 2.63. The second-order valence-corrected chi connectivity index (χ2v) is 4.60. The van der Waals surface area contributed by atoms with Crippen molar-refractivity contribution in [3.63, 3.8) is 0 Å². The smallest absolute Gasteiger partial charge is 0.269 e. The fourth-order valence-corrected chi connectivity index (χ4v) is 1.94. The molecule has 0 saturated carbocycles. The summed E-state index contributed by atoms with van der Waals surface area (Å²) in [5.41, 5.74) is 2.26. The highest BCUT2D eigenvalue weighted by Crippen LogP contribution is 2.25. The normalized spacial score (nSPS) is 11.9. The van der Waals surface area contributed by atoms with Crippen LogP contribution in [0.15, 0.2) is 29.2 Å². The third-order valence-corrected chi connectivity index (χ3v) is 3.04. The largest absolute Gasteiger partial charge is 0.277 e. The van der Waals surface area contributed by atoms with Crippen molar-refractivity contribution in [3.05, 3.63) is 34.4 Å². The van der Waals surface area contributed by atoms with Gasteiger partial charge in [-0.25, -0.2) is 5.48 Å². The van der Waals surface area contributed by atoms with E-state index in [4.69, 9.17) is 0 Å². The monoisotopic (exact) mass is 256 g/mol. The van der Waals surface area contributed by atoms with Crippen LogP contribution >= 0.6 is 11.8 Å². The third-order valence-electron chi connectivity index (χ3n) is 1.93. The van der Waals surface area contributed by atoms with E-state index in [1.807, 2.05) is 0 Å². The maximum Gasteiger partial charge on any atom is 0.269 e. The number of carbonyl (C=O) groups is 1. The molecule has 0 heterocycles. The number of benzene rings is 1. The maximum absolute atomic E-state index is 11.4. The van der Waals surface area contributed by atoms with Gasteiger partial charge in [-0.3, -0.25) is 19.7 Å². The van der Waals surface area contributed by atoms with Crippen LogP contribution in [0.5, 0.6) is 0 Å². The Morgan fingerprint density at radius 1 is 1.47 bits per heavy atom. The van der Waals surface area contributed by atoms with E-state index in [0.29, 0.717) is 0 Å². The van der Waals surface area contributed by atoms with Crippen LogP contribution in [0.2, 0.25) is 0 Å². The van der Waals surface area contributed by atoms with Crippen LogP contribution in [0.3, 0.4) is 0 Å². The van der Waals surface area contributed by atoms with Gasteiger partial charge in [0.25, 0.3) is 11.6 Å². The summed E-state index contributed by atoms with van der Waals surface area (Å²) in [5.74, 6) is -0.254. The molecule has 0 saturated heterocycles. The van der Waals surface area contributed by atoms with Crippen molar-refractivity contribution in [2.75, 3.05) is 7.11 Å². The van der Waals surface area contributed by atoms with Crippen LogP contribution in [0.1, 0.15) is 6.92 Å². The molecule has 1 aromatic rings. The molecule has 92 valence electrons. The van der Waals surface area contributed by atoms with E-state index in [0.717, 1.165) is 4.90 Å². The highest BCUT2D eigenvalue weighted by molar-refractivity contribution is 8.00. The fraction of sp³-hybridized carbons (Fsp3) is 0.300. The minimum Gasteiger partial charge on any atom is -0.277 e. The molecule has 0 aromatic heterocycles. The molecular formula is C10H12N2O4S. The van der Waals surface area contributed by atoms with Gasteiger partial charge >= 0.3 is 0 Å². The zero-order valence-electron chi connectivity index (χ0n) is 9.38. The predicted octanol–water partition coefficient (Wildman–Crippen LogP) is 1.75. The lowest BCUT2D eigenvalue weighted by molar-refractivity contribution is -0.384. The Kier molecular flexibility index (Phi) is 4.92. The zero-order chi connectivity index (χ0) is 12.8. The van der Waals surface area contributed by atoms with Gasteiger partial charge in [0.15, 0.2) is 0 Å². The number of hydrogen-bond donors (Lipinski definition) is 1. The topological polar surface area (TPSA) is 81.5 Å². The molecule has 1 aromatic carbocycles. The van der Waals surface area contributed by atoms with E-state index in [-0.39, 0.29) is 16.8 Å². The van der Waals surface area contributed by atoms with Crippen molar-refractivity contribution in [2.24, 2.45) is 0 Å². The number of non-ortho nitro benzene ring substituents is 1. The van der Waals surface area contributed by atoms with Crippen molar-refractivity contribution >= 4 is 23.4 Å². The third kappa shape index (κ3) is 4.04. The summed E-state index contributed by atoms with van der Waals surface area (Å²) in [7, 11) is 1.36. The molecule has 17 heavy (non-hydrogen) atoms. The van der Waals surface area contributed by atoms with E-state index >= 15 is 0 Å². The number of rotatable bonds is 5. The molecule has 6 nitrogen and oxygen atoms in total. The number of thioether (sulfide) groups is 1. The van der Waals surface area contributed by atoms with Gasteiger partial charge in [0.05, 0.1) is 17.3 Å². The first kappa shape index (κ1) is 13.5. The van der Waals surface area contributed by atoms with Crippen molar-refractivity contribution in [3.8, 4) is 0 Å². The fourth-order valence-electron chi connectivity index (χ4n) is 1.09. The van der Waals surface area contributed by atoms with Crippen molar-refractivity contribution in [1.29, 1.82) is 0 Å². The number of hydrogen-bond acceptors (Lipinski definition) is 5. The van der Waals surface area contributed by atoms with Crippen LogP contribution < -0.4 is 5.48 Å². The summed E-state index contributed by atoms with van der Waals surface area (Å²) in [6.45, 7) is 1.72. The van der Waals surface area contributed by atoms with Gasteiger partial charge < -0.3 is 0 Å². The molecule has 0 aliphatic heterocycles. The zero-order valence-corrected chi connectivity index (χ0v) is 10.2. The molecule has 1 unspecified atom stereocenters. The van der Waals surface area contributed by atoms with Crippen LogP contribution in [0.4, 0.5) is 5.69 Å². The van der Waals surface area contributed by atoms with Gasteiger partial charge in [0.1, 0.15) is 0 Å². The molecule has 0 radical (unpaired) electrons. The molecule has 0 aliphatic carbocycles. The first-order chi connectivity index (χ1) is 8.04. The van der Waals surface area contributed by atoms with Crippen molar-refractivity contribution in [2.45, 2.75) is 17.1 Å². The number of nitro groups is 1. The summed E-state index contributed by atoms with van der Waals surface area (Å²) < 4.78 is 0. The molecule has 1 N–H and O–H groups in total. The van der Waals surface area contributed by atoms with Crippen LogP contribution in [0, 0.1) is 10.1 Å². The summed E-state index contributed by atoms with van der Waals surface area (Å²) in [5, 5.41) is 10.1. The summed E-state index contributed by atoms with van der Waals surface area (Å²) in [6, 6.07) is 6.03. The number of amides is 1. The maximum atomic E-state index is 11.4. The Hall–Kier alpha value is -1.60. The number of nitro benzene ring substituents is 1. The van der Waals surface area contributed by atoms with Gasteiger partial charge in [-0.15, -0.1) is 11.8 Å². The van der Waals surface area contributed by atoms with E-state index in [1.165, 1.54) is 31.0 Å². The average Bonchev–Trinajstić information content (AvgIpc) is 2.30. The lowest BCUT2D eigenvalue weighted by Gasteiger charge is -2.09.